The predicted octanol–water partition coefficient (Wildman–Crippen LogP) is 3.12. The molecule has 0 saturated carbocycles. The van der Waals surface area contributed by atoms with Crippen LogP contribution in [0, 0.1) is 0 Å². The van der Waals surface area contributed by atoms with Crippen LogP contribution in [-0.2, 0) is 6.54 Å². The van der Waals surface area contributed by atoms with E-state index in [0.29, 0.717) is 0 Å². The molecule has 0 aliphatic carbocycles. The van der Waals surface area contributed by atoms with Gasteiger partial charge in [0, 0.05) is 30.7 Å². The van der Waals surface area contributed by atoms with Crippen molar-refractivity contribution in [3.63, 3.8) is 0 Å². The smallest absolute Gasteiger partial charge is 0.179 e. The first kappa shape index (κ1) is 13.6. The highest BCUT2D eigenvalue weighted by Crippen LogP contribution is 2.27. The van der Waals surface area contributed by atoms with Crippen LogP contribution in [0.4, 0.5) is 0 Å². The van der Waals surface area contributed by atoms with Crippen molar-refractivity contribution in [1.82, 2.24) is 14.7 Å². The summed E-state index contributed by atoms with van der Waals surface area (Å²) in [6, 6.07) is 10.6. The Balaban J connectivity index is 2.03. The van der Waals surface area contributed by atoms with Gasteiger partial charge in [0.25, 0.3) is 0 Å². The summed E-state index contributed by atoms with van der Waals surface area (Å²) < 4.78 is 7.44. The second-order valence-electron chi connectivity index (χ2n) is 4.94. The van der Waals surface area contributed by atoms with Crippen molar-refractivity contribution in [2.75, 3.05) is 13.7 Å². The molecule has 0 aliphatic heterocycles. The number of nitrogens with one attached hydrogen (secondary N) is 1. The highest BCUT2D eigenvalue weighted by molar-refractivity contribution is 5.69. The fraction of sp³-hybridized carbons (Fsp3) is 0.235. The maximum absolute atomic E-state index is 5.45. The summed E-state index contributed by atoms with van der Waals surface area (Å²) in [7, 11) is 1.68. The topological polar surface area (TPSA) is 38.6 Å². The molecule has 2 heterocycles. The molecule has 2 aromatic heterocycles. The summed E-state index contributed by atoms with van der Waals surface area (Å²) in [4.78, 5) is 4.31. The van der Waals surface area contributed by atoms with Gasteiger partial charge in [-0.3, -0.25) is 0 Å². The highest BCUT2D eigenvalue weighted by Gasteiger charge is 2.07. The molecule has 0 amide bonds. The molecule has 108 valence electrons. The Morgan fingerprint density at radius 1 is 1.24 bits per heavy atom. The van der Waals surface area contributed by atoms with Crippen molar-refractivity contribution >= 4 is 5.65 Å². The number of fused-ring (bicyclic) bond motifs is 1. The quantitative estimate of drug-likeness (QED) is 0.781. The lowest BCUT2D eigenvalue weighted by atomic mass is 10.0. The molecule has 4 heteroatoms. The third kappa shape index (κ3) is 2.76. The molecule has 3 rings (SSSR count). The molecule has 0 radical (unpaired) electrons. The molecule has 0 atom stereocenters. The van der Waals surface area contributed by atoms with Gasteiger partial charge in [-0.25, -0.2) is 4.98 Å². The highest BCUT2D eigenvalue weighted by atomic mass is 16.5. The summed E-state index contributed by atoms with van der Waals surface area (Å²) in [5, 5.41) is 3.35. The van der Waals surface area contributed by atoms with Crippen LogP contribution >= 0.6 is 0 Å². The van der Waals surface area contributed by atoms with E-state index < -0.39 is 0 Å². The van der Waals surface area contributed by atoms with Gasteiger partial charge in [-0.1, -0.05) is 25.1 Å². The molecular formula is C17H19N3O. The second-order valence-corrected chi connectivity index (χ2v) is 4.94. The molecule has 1 aromatic carbocycles. The van der Waals surface area contributed by atoms with E-state index >= 15 is 0 Å². The predicted molar refractivity (Wildman–Crippen MR) is 84.6 cm³/mol. The normalized spacial score (nSPS) is 11.0. The standard InChI is InChI=1S/C17H19N3O/c1-3-18-11-13-5-4-6-14(9-13)15-10-16(21-2)17-19-7-8-20(17)12-15/h4-10,12,18H,3,11H2,1-2H3. The summed E-state index contributed by atoms with van der Waals surface area (Å²) in [6.07, 6.45) is 5.80. The third-order valence-electron chi connectivity index (χ3n) is 3.51. The lowest BCUT2D eigenvalue weighted by molar-refractivity contribution is 0.417. The summed E-state index contributed by atoms with van der Waals surface area (Å²) >= 11 is 0. The molecule has 0 unspecified atom stereocenters. The number of hydrogen-bond acceptors (Lipinski definition) is 3. The molecular weight excluding hydrogens is 262 g/mol. The van der Waals surface area contributed by atoms with Crippen molar-refractivity contribution in [1.29, 1.82) is 0 Å². The maximum Gasteiger partial charge on any atom is 0.179 e. The fourth-order valence-electron chi connectivity index (χ4n) is 2.44. The minimum atomic E-state index is 0.787. The Bertz CT molecular complexity index is 749. The van der Waals surface area contributed by atoms with Gasteiger partial charge in [0.15, 0.2) is 11.4 Å². The zero-order chi connectivity index (χ0) is 14.7. The van der Waals surface area contributed by atoms with Gasteiger partial charge in [0.2, 0.25) is 0 Å². The SMILES string of the molecule is CCNCc1cccc(-c2cc(OC)c3nccn3c2)c1. The van der Waals surface area contributed by atoms with E-state index in [0.717, 1.165) is 30.0 Å². The summed E-state index contributed by atoms with van der Waals surface area (Å²) in [5.74, 6) is 0.787. The Kier molecular flexibility index (Phi) is 3.88. The number of aromatic nitrogens is 2. The van der Waals surface area contributed by atoms with Crippen LogP contribution in [0.2, 0.25) is 0 Å². The third-order valence-corrected chi connectivity index (χ3v) is 3.51. The number of hydrogen-bond donors (Lipinski definition) is 1. The van der Waals surface area contributed by atoms with Gasteiger partial charge in [0.05, 0.1) is 7.11 Å². The van der Waals surface area contributed by atoms with Gasteiger partial charge in [-0.15, -0.1) is 0 Å². The number of ether oxygens (including phenoxy) is 1. The van der Waals surface area contributed by atoms with Gasteiger partial charge in [-0.05, 0) is 29.8 Å². The number of methoxy groups -OCH3 is 1. The van der Waals surface area contributed by atoms with Crippen LogP contribution in [-0.4, -0.2) is 23.0 Å². The largest absolute Gasteiger partial charge is 0.493 e. The molecule has 0 spiro atoms. The molecule has 0 aliphatic rings. The number of nitrogens with zero attached hydrogens (tertiary/aromatic N) is 2. The van der Waals surface area contributed by atoms with Crippen molar-refractivity contribution in [3.05, 3.63) is 54.5 Å². The molecule has 21 heavy (non-hydrogen) atoms. The van der Waals surface area contributed by atoms with Crippen LogP contribution in [0.1, 0.15) is 12.5 Å². The number of imidazole rings is 1. The number of benzene rings is 1. The van der Waals surface area contributed by atoms with Crippen molar-refractivity contribution in [2.24, 2.45) is 0 Å². The molecule has 0 bridgehead atoms. The average molecular weight is 281 g/mol. The van der Waals surface area contributed by atoms with Crippen LogP contribution in [0.5, 0.6) is 5.75 Å². The van der Waals surface area contributed by atoms with Crippen molar-refractivity contribution in [2.45, 2.75) is 13.5 Å². The number of rotatable bonds is 5. The lowest BCUT2D eigenvalue weighted by Crippen LogP contribution is -2.11. The zero-order valence-electron chi connectivity index (χ0n) is 12.3. The van der Waals surface area contributed by atoms with Gasteiger partial charge in [0.1, 0.15) is 0 Å². The monoisotopic (exact) mass is 281 g/mol. The van der Waals surface area contributed by atoms with Gasteiger partial charge in [-0.2, -0.15) is 0 Å². The first-order valence-electron chi connectivity index (χ1n) is 7.12. The fourth-order valence-corrected chi connectivity index (χ4v) is 2.44. The van der Waals surface area contributed by atoms with E-state index in [-0.39, 0.29) is 0 Å². The molecule has 1 N–H and O–H groups in total. The van der Waals surface area contributed by atoms with E-state index in [2.05, 4.69) is 47.7 Å². The number of pyridine rings is 1. The first-order chi connectivity index (χ1) is 10.3. The molecule has 4 nitrogen and oxygen atoms in total. The van der Waals surface area contributed by atoms with Crippen LogP contribution in [0.15, 0.2) is 48.9 Å². The van der Waals surface area contributed by atoms with Crippen LogP contribution in [0.25, 0.3) is 16.8 Å². The van der Waals surface area contributed by atoms with Crippen molar-refractivity contribution < 1.29 is 4.74 Å². The zero-order valence-corrected chi connectivity index (χ0v) is 12.3. The Labute approximate surface area is 124 Å². The second kappa shape index (κ2) is 5.97. The summed E-state index contributed by atoms with van der Waals surface area (Å²) in [6.45, 7) is 3.97. The minimum Gasteiger partial charge on any atom is -0.493 e. The van der Waals surface area contributed by atoms with E-state index in [4.69, 9.17) is 4.74 Å². The van der Waals surface area contributed by atoms with E-state index in [1.54, 1.807) is 13.3 Å². The van der Waals surface area contributed by atoms with Crippen LogP contribution in [0.3, 0.4) is 0 Å². The van der Waals surface area contributed by atoms with Gasteiger partial charge >= 0.3 is 0 Å². The Hall–Kier alpha value is -2.33. The van der Waals surface area contributed by atoms with E-state index in [1.807, 2.05) is 16.7 Å². The Morgan fingerprint density at radius 2 is 2.14 bits per heavy atom. The molecule has 0 fully saturated rings. The molecule has 3 aromatic rings. The van der Waals surface area contributed by atoms with Crippen molar-refractivity contribution in [3.8, 4) is 16.9 Å². The maximum atomic E-state index is 5.45. The lowest BCUT2D eigenvalue weighted by Gasteiger charge is -2.09. The van der Waals surface area contributed by atoms with E-state index in [9.17, 15) is 0 Å². The average Bonchev–Trinajstić information content (AvgIpc) is 3.00. The summed E-state index contributed by atoms with van der Waals surface area (Å²) in [5.41, 5.74) is 4.42. The van der Waals surface area contributed by atoms with Crippen LogP contribution < -0.4 is 10.1 Å². The molecule has 0 saturated heterocycles. The minimum absolute atomic E-state index is 0.787. The van der Waals surface area contributed by atoms with E-state index in [1.165, 1.54) is 11.1 Å². The Morgan fingerprint density at radius 3 is 2.95 bits per heavy atom. The van der Waals surface area contributed by atoms with Gasteiger partial charge < -0.3 is 14.5 Å². The first-order valence-corrected chi connectivity index (χ1v) is 7.12.